The molecule has 1 heterocycles. The Balaban J connectivity index is 2.13. The van der Waals surface area contributed by atoms with Crippen molar-refractivity contribution in [1.82, 2.24) is 14.3 Å². The predicted octanol–water partition coefficient (Wildman–Crippen LogP) is 1.08. The third kappa shape index (κ3) is 2.78. The average molecular weight is 270 g/mol. The van der Waals surface area contributed by atoms with Crippen molar-refractivity contribution in [3.63, 3.8) is 0 Å². The summed E-state index contributed by atoms with van der Waals surface area (Å²) < 4.78 is 25.7. The van der Waals surface area contributed by atoms with Crippen LogP contribution in [0.4, 0.5) is 5.95 Å². The molecule has 0 bridgehead atoms. The van der Waals surface area contributed by atoms with Crippen molar-refractivity contribution in [2.45, 2.75) is 37.1 Å². The Bertz CT molecular complexity index is 496. The van der Waals surface area contributed by atoms with Crippen LogP contribution in [-0.2, 0) is 10.0 Å². The number of aromatic nitrogens is 2. The summed E-state index contributed by atoms with van der Waals surface area (Å²) in [6.45, 7) is 2.81. The fraction of sp³-hybridized carbons (Fsp3) is 0.636. The largest absolute Gasteiger partial charge is 0.354 e. The fourth-order valence-corrected chi connectivity index (χ4v) is 2.89. The smallest absolute Gasteiger partial charge is 0.246 e. The topological polar surface area (TPSA) is 75.2 Å². The van der Waals surface area contributed by atoms with Gasteiger partial charge in [0.2, 0.25) is 16.0 Å². The molecule has 1 fully saturated rings. The Morgan fingerprint density at radius 3 is 2.50 bits per heavy atom. The number of rotatable bonds is 6. The second-order valence-electron chi connectivity index (χ2n) is 4.42. The van der Waals surface area contributed by atoms with E-state index in [0.717, 1.165) is 25.8 Å². The monoisotopic (exact) mass is 270 g/mol. The van der Waals surface area contributed by atoms with Crippen LogP contribution in [0.25, 0.3) is 0 Å². The van der Waals surface area contributed by atoms with E-state index in [4.69, 9.17) is 0 Å². The molecular formula is C11H18N4O2S. The molecule has 0 aliphatic heterocycles. The lowest BCUT2D eigenvalue weighted by atomic mass is 10.5. The number of nitrogens with one attached hydrogen (secondary N) is 1. The maximum atomic E-state index is 12.2. The molecule has 0 atom stereocenters. The van der Waals surface area contributed by atoms with Crippen LogP contribution < -0.4 is 5.32 Å². The van der Waals surface area contributed by atoms with Crippen LogP contribution in [-0.4, -0.2) is 42.3 Å². The van der Waals surface area contributed by atoms with E-state index < -0.39 is 10.0 Å². The number of anilines is 1. The van der Waals surface area contributed by atoms with E-state index >= 15 is 0 Å². The molecular weight excluding hydrogens is 252 g/mol. The van der Waals surface area contributed by atoms with Crippen LogP contribution in [0.5, 0.6) is 0 Å². The molecule has 0 aromatic carbocycles. The molecule has 1 saturated carbocycles. The third-order valence-electron chi connectivity index (χ3n) is 2.90. The van der Waals surface area contributed by atoms with Gasteiger partial charge in [-0.1, -0.05) is 6.92 Å². The number of sulfonamides is 1. The highest BCUT2D eigenvalue weighted by atomic mass is 32.2. The summed E-state index contributed by atoms with van der Waals surface area (Å²) in [6, 6.07) is 0.146. The van der Waals surface area contributed by atoms with E-state index in [1.54, 1.807) is 7.05 Å². The van der Waals surface area contributed by atoms with Gasteiger partial charge in [-0.3, -0.25) is 0 Å². The first-order valence-electron chi connectivity index (χ1n) is 6.09. The second kappa shape index (κ2) is 5.19. The Hall–Kier alpha value is -1.21. The summed E-state index contributed by atoms with van der Waals surface area (Å²) in [5.74, 6) is 0.463. The minimum absolute atomic E-state index is 0.146. The van der Waals surface area contributed by atoms with Crippen molar-refractivity contribution < 1.29 is 8.42 Å². The van der Waals surface area contributed by atoms with Gasteiger partial charge in [-0.05, 0) is 19.3 Å². The van der Waals surface area contributed by atoms with Crippen LogP contribution in [0, 0.1) is 0 Å². The zero-order valence-electron chi connectivity index (χ0n) is 10.6. The molecule has 6 nitrogen and oxygen atoms in total. The van der Waals surface area contributed by atoms with Gasteiger partial charge in [0.15, 0.2) is 0 Å². The maximum absolute atomic E-state index is 12.2. The van der Waals surface area contributed by atoms with Crippen LogP contribution in [0.2, 0.25) is 0 Å². The highest BCUT2D eigenvalue weighted by Crippen LogP contribution is 2.29. The van der Waals surface area contributed by atoms with Gasteiger partial charge in [0.05, 0.1) is 12.4 Å². The highest BCUT2D eigenvalue weighted by Gasteiger charge is 2.35. The van der Waals surface area contributed by atoms with Crippen molar-refractivity contribution in [2.75, 3.05) is 18.9 Å². The van der Waals surface area contributed by atoms with E-state index in [9.17, 15) is 8.42 Å². The molecule has 0 saturated heterocycles. The van der Waals surface area contributed by atoms with Gasteiger partial charge in [-0.25, -0.2) is 18.4 Å². The van der Waals surface area contributed by atoms with Gasteiger partial charge in [-0.15, -0.1) is 0 Å². The van der Waals surface area contributed by atoms with Crippen molar-refractivity contribution in [2.24, 2.45) is 0 Å². The minimum Gasteiger partial charge on any atom is -0.354 e. The second-order valence-corrected chi connectivity index (χ2v) is 6.42. The predicted molar refractivity (Wildman–Crippen MR) is 68.8 cm³/mol. The number of nitrogens with zero attached hydrogens (tertiary/aromatic N) is 3. The first-order chi connectivity index (χ1) is 8.55. The normalized spacial score (nSPS) is 15.9. The van der Waals surface area contributed by atoms with Gasteiger partial charge in [-0.2, -0.15) is 4.31 Å². The summed E-state index contributed by atoms with van der Waals surface area (Å²) in [7, 11) is -1.83. The van der Waals surface area contributed by atoms with Crippen LogP contribution in [0.1, 0.15) is 26.2 Å². The molecule has 1 aliphatic carbocycles. The zero-order chi connectivity index (χ0) is 13.2. The summed E-state index contributed by atoms with van der Waals surface area (Å²) in [4.78, 5) is 8.18. The number of hydrogen-bond donors (Lipinski definition) is 1. The maximum Gasteiger partial charge on any atom is 0.246 e. The Morgan fingerprint density at radius 1 is 1.39 bits per heavy atom. The summed E-state index contributed by atoms with van der Waals surface area (Å²) >= 11 is 0. The molecule has 0 radical (unpaired) electrons. The fourth-order valence-electron chi connectivity index (χ4n) is 1.58. The Labute approximate surface area is 107 Å². The average Bonchev–Trinajstić information content (AvgIpc) is 3.20. The van der Waals surface area contributed by atoms with Gasteiger partial charge in [0.1, 0.15) is 4.90 Å². The zero-order valence-corrected chi connectivity index (χ0v) is 11.4. The van der Waals surface area contributed by atoms with Crippen LogP contribution in [0.3, 0.4) is 0 Å². The van der Waals surface area contributed by atoms with E-state index in [2.05, 4.69) is 15.3 Å². The third-order valence-corrected chi connectivity index (χ3v) is 4.76. The van der Waals surface area contributed by atoms with Gasteiger partial charge >= 0.3 is 0 Å². The molecule has 0 unspecified atom stereocenters. The highest BCUT2D eigenvalue weighted by molar-refractivity contribution is 7.89. The van der Waals surface area contributed by atoms with Gasteiger partial charge < -0.3 is 5.32 Å². The molecule has 0 spiro atoms. The molecule has 18 heavy (non-hydrogen) atoms. The summed E-state index contributed by atoms with van der Waals surface area (Å²) in [5.41, 5.74) is 0. The van der Waals surface area contributed by atoms with Crippen LogP contribution >= 0.6 is 0 Å². The number of hydrogen-bond acceptors (Lipinski definition) is 5. The lowest BCUT2D eigenvalue weighted by molar-refractivity contribution is 0.463. The molecule has 2 rings (SSSR count). The van der Waals surface area contributed by atoms with E-state index in [-0.39, 0.29) is 10.9 Å². The standard InChI is InChI=1S/C11H18N4O2S/c1-3-6-12-11-13-7-10(8-14-11)18(16,17)15(2)9-4-5-9/h7-9H,3-6H2,1-2H3,(H,12,13,14). The lowest BCUT2D eigenvalue weighted by Crippen LogP contribution is -2.29. The summed E-state index contributed by atoms with van der Waals surface area (Å²) in [5, 5.41) is 3.01. The van der Waals surface area contributed by atoms with Crippen molar-refractivity contribution in [3.8, 4) is 0 Å². The van der Waals surface area contributed by atoms with Crippen molar-refractivity contribution in [3.05, 3.63) is 12.4 Å². The van der Waals surface area contributed by atoms with Crippen molar-refractivity contribution >= 4 is 16.0 Å². The molecule has 100 valence electrons. The quantitative estimate of drug-likeness (QED) is 0.837. The first kappa shape index (κ1) is 13.2. The molecule has 0 amide bonds. The molecule has 7 heteroatoms. The van der Waals surface area contributed by atoms with E-state index in [0.29, 0.717) is 5.95 Å². The SMILES string of the molecule is CCCNc1ncc(S(=O)(=O)N(C)C2CC2)cn1. The molecule has 1 aromatic heterocycles. The summed E-state index contributed by atoms with van der Waals surface area (Å²) in [6.07, 6.45) is 5.56. The van der Waals surface area contributed by atoms with Crippen molar-refractivity contribution in [1.29, 1.82) is 0 Å². The van der Waals surface area contributed by atoms with Crippen LogP contribution in [0.15, 0.2) is 17.3 Å². The van der Waals surface area contributed by atoms with Gasteiger partial charge in [0.25, 0.3) is 0 Å². The van der Waals surface area contributed by atoms with Gasteiger partial charge in [0, 0.05) is 19.6 Å². The Morgan fingerprint density at radius 2 is 2.00 bits per heavy atom. The first-order valence-corrected chi connectivity index (χ1v) is 7.53. The van der Waals surface area contributed by atoms with E-state index in [1.807, 2.05) is 6.92 Å². The lowest BCUT2D eigenvalue weighted by Gasteiger charge is -2.15. The van der Waals surface area contributed by atoms with E-state index in [1.165, 1.54) is 16.7 Å². The Kier molecular flexibility index (Phi) is 3.82. The molecule has 1 aromatic rings. The molecule has 1 aliphatic rings. The minimum atomic E-state index is -3.43. The molecule has 1 N–H and O–H groups in total.